The van der Waals surface area contributed by atoms with Gasteiger partial charge in [0.15, 0.2) is 0 Å². The maximum absolute atomic E-state index is 12.7. The minimum absolute atomic E-state index is 0.148. The summed E-state index contributed by atoms with van der Waals surface area (Å²) in [6.07, 6.45) is -4.37. The quantitative estimate of drug-likeness (QED) is 0.851. The molecule has 0 aliphatic heterocycles. The van der Waals surface area contributed by atoms with Crippen LogP contribution in [0, 0.1) is 0 Å². The smallest absolute Gasteiger partial charge is 0.392 e. The third kappa shape index (κ3) is 3.16. The molecule has 0 bridgehead atoms. The van der Waals surface area contributed by atoms with Crippen LogP contribution >= 0.6 is 15.9 Å². The van der Waals surface area contributed by atoms with Crippen molar-refractivity contribution in [1.29, 1.82) is 0 Å². The number of hydrogen-bond donors (Lipinski definition) is 1. The van der Waals surface area contributed by atoms with Crippen molar-refractivity contribution in [3.05, 3.63) is 58.1 Å². The summed E-state index contributed by atoms with van der Waals surface area (Å²) in [7, 11) is 0. The van der Waals surface area contributed by atoms with Crippen LogP contribution in [-0.2, 0) is 12.8 Å². The zero-order valence-corrected chi connectivity index (χ0v) is 11.3. The van der Waals surface area contributed by atoms with Crippen molar-refractivity contribution >= 4 is 15.9 Å². The highest BCUT2D eigenvalue weighted by atomic mass is 79.9. The lowest BCUT2D eigenvalue weighted by Gasteiger charge is -2.11. The van der Waals surface area contributed by atoms with Crippen molar-refractivity contribution in [2.24, 2.45) is 0 Å². The van der Waals surface area contributed by atoms with Gasteiger partial charge in [-0.15, -0.1) is 0 Å². The fourth-order valence-corrected chi connectivity index (χ4v) is 2.24. The largest absolute Gasteiger partial charge is 0.416 e. The van der Waals surface area contributed by atoms with Gasteiger partial charge in [0.1, 0.15) is 0 Å². The summed E-state index contributed by atoms with van der Waals surface area (Å²) in [6.45, 7) is -0.148. The Bertz CT molecular complexity index is 593. The standard InChI is InChI=1S/C14H10BrF3O/c15-13-5-4-11(14(16,17)18)7-12(13)10-3-1-2-9(6-10)8-19/h1-7,19H,8H2. The third-order valence-corrected chi connectivity index (χ3v) is 3.41. The van der Waals surface area contributed by atoms with Crippen molar-refractivity contribution in [2.45, 2.75) is 12.8 Å². The summed E-state index contributed by atoms with van der Waals surface area (Å²) in [5.41, 5.74) is 1.04. The highest BCUT2D eigenvalue weighted by Gasteiger charge is 2.30. The van der Waals surface area contributed by atoms with E-state index in [9.17, 15) is 13.2 Å². The van der Waals surface area contributed by atoms with Crippen molar-refractivity contribution in [3.8, 4) is 11.1 Å². The van der Waals surface area contributed by atoms with Crippen LogP contribution in [0.25, 0.3) is 11.1 Å². The summed E-state index contributed by atoms with van der Waals surface area (Å²) in [4.78, 5) is 0. The Labute approximate surface area is 116 Å². The van der Waals surface area contributed by atoms with Crippen LogP contribution in [0.1, 0.15) is 11.1 Å². The highest BCUT2D eigenvalue weighted by molar-refractivity contribution is 9.10. The van der Waals surface area contributed by atoms with E-state index in [1.165, 1.54) is 6.07 Å². The van der Waals surface area contributed by atoms with E-state index in [1.54, 1.807) is 24.3 Å². The van der Waals surface area contributed by atoms with E-state index in [1.807, 2.05) is 0 Å². The number of halogens is 4. The average Bonchev–Trinajstić information content (AvgIpc) is 2.38. The van der Waals surface area contributed by atoms with Gasteiger partial charge in [-0.1, -0.05) is 34.1 Å². The van der Waals surface area contributed by atoms with Gasteiger partial charge in [-0.2, -0.15) is 13.2 Å². The second kappa shape index (κ2) is 5.35. The SMILES string of the molecule is OCc1cccc(-c2cc(C(F)(F)F)ccc2Br)c1. The molecule has 0 spiro atoms. The van der Waals surface area contributed by atoms with Crippen LogP contribution in [0.3, 0.4) is 0 Å². The van der Waals surface area contributed by atoms with Gasteiger partial charge >= 0.3 is 6.18 Å². The van der Waals surface area contributed by atoms with Crippen LogP contribution in [0.5, 0.6) is 0 Å². The van der Waals surface area contributed by atoms with Crippen LogP contribution in [0.15, 0.2) is 46.9 Å². The normalized spacial score (nSPS) is 11.6. The van der Waals surface area contributed by atoms with E-state index in [0.29, 0.717) is 21.2 Å². The van der Waals surface area contributed by atoms with Crippen molar-refractivity contribution < 1.29 is 18.3 Å². The summed E-state index contributed by atoms with van der Waals surface area (Å²) < 4.78 is 38.7. The molecule has 2 aromatic rings. The number of aliphatic hydroxyl groups excluding tert-OH is 1. The van der Waals surface area contributed by atoms with Crippen LogP contribution < -0.4 is 0 Å². The monoisotopic (exact) mass is 330 g/mol. The Morgan fingerprint density at radius 1 is 1.05 bits per heavy atom. The summed E-state index contributed by atoms with van der Waals surface area (Å²) in [6, 6.07) is 10.3. The minimum Gasteiger partial charge on any atom is -0.392 e. The molecule has 0 saturated carbocycles. The van der Waals surface area contributed by atoms with Gasteiger partial charge in [0, 0.05) is 4.47 Å². The third-order valence-electron chi connectivity index (χ3n) is 2.71. The second-order valence-corrected chi connectivity index (χ2v) is 4.91. The molecule has 0 atom stereocenters. The molecule has 2 aromatic carbocycles. The Kier molecular flexibility index (Phi) is 3.96. The summed E-state index contributed by atoms with van der Waals surface area (Å²) >= 11 is 3.25. The van der Waals surface area contributed by atoms with Crippen molar-refractivity contribution in [1.82, 2.24) is 0 Å². The Hall–Kier alpha value is -1.33. The highest BCUT2D eigenvalue weighted by Crippen LogP contribution is 2.36. The zero-order chi connectivity index (χ0) is 14.0. The lowest BCUT2D eigenvalue weighted by Crippen LogP contribution is -2.04. The number of rotatable bonds is 2. The predicted molar refractivity (Wildman–Crippen MR) is 70.5 cm³/mol. The van der Waals surface area contributed by atoms with Gasteiger partial charge in [0.25, 0.3) is 0 Å². The summed E-state index contributed by atoms with van der Waals surface area (Å²) in [5, 5.41) is 9.07. The van der Waals surface area contributed by atoms with Crippen LogP contribution in [0.2, 0.25) is 0 Å². The first kappa shape index (κ1) is 14.1. The van der Waals surface area contributed by atoms with E-state index in [-0.39, 0.29) is 6.61 Å². The molecule has 0 aliphatic rings. The maximum Gasteiger partial charge on any atom is 0.416 e. The Balaban J connectivity index is 2.54. The first-order valence-corrected chi connectivity index (χ1v) is 6.28. The lowest BCUT2D eigenvalue weighted by atomic mass is 10.0. The Morgan fingerprint density at radius 2 is 1.79 bits per heavy atom. The van der Waals surface area contributed by atoms with Gasteiger partial charge in [-0.3, -0.25) is 0 Å². The molecular formula is C14H10BrF3O. The lowest BCUT2D eigenvalue weighted by molar-refractivity contribution is -0.137. The second-order valence-electron chi connectivity index (χ2n) is 4.05. The fourth-order valence-electron chi connectivity index (χ4n) is 1.76. The van der Waals surface area contributed by atoms with E-state index >= 15 is 0 Å². The average molecular weight is 331 g/mol. The van der Waals surface area contributed by atoms with Crippen molar-refractivity contribution in [2.75, 3.05) is 0 Å². The molecule has 0 aromatic heterocycles. The fraction of sp³-hybridized carbons (Fsp3) is 0.143. The predicted octanol–water partition coefficient (Wildman–Crippen LogP) is 4.63. The molecule has 1 N–H and O–H groups in total. The topological polar surface area (TPSA) is 20.2 Å². The molecule has 1 nitrogen and oxygen atoms in total. The molecule has 0 saturated heterocycles. The van der Waals surface area contributed by atoms with E-state index in [4.69, 9.17) is 5.11 Å². The molecule has 0 aliphatic carbocycles. The van der Waals surface area contributed by atoms with Crippen LogP contribution in [-0.4, -0.2) is 5.11 Å². The number of benzene rings is 2. The molecule has 0 fully saturated rings. The molecule has 100 valence electrons. The van der Waals surface area contributed by atoms with Gasteiger partial charge in [-0.25, -0.2) is 0 Å². The molecule has 0 radical (unpaired) electrons. The van der Waals surface area contributed by atoms with E-state index in [2.05, 4.69) is 15.9 Å². The number of hydrogen-bond acceptors (Lipinski definition) is 1. The van der Waals surface area contributed by atoms with Crippen LogP contribution in [0.4, 0.5) is 13.2 Å². The molecule has 0 unspecified atom stereocenters. The summed E-state index contributed by atoms with van der Waals surface area (Å²) in [5.74, 6) is 0. The number of alkyl halides is 3. The maximum atomic E-state index is 12.7. The zero-order valence-electron chi connectivity index (χ0n) is 9.71. The van der Waals surface area contributed by atoms with Gasteiger partial charge < -0.3 is 5.11 Å². The van der Waals surface area contributed by atoms with Crippen molar-refractivity contribution in [3.63, 3.8) is 0 Å². The first-order valence-electron chi connectivity index (χ1n) is 5.49. The van der Waals surface area contributed by atoms with Gasteiger partial charge in [0.2, 0.25) is 0 Å². The minimum atomic E-state index is -4.37. The molecular weight excluding hydrogens is 321 g/mol. The molecule has 0 amide bonds. The molecule has 19 heavy (non-hydrogen) atoms. The van der Waals surface area contributed by atoms with E-state index < -0.39 is 11.7 Å². The molecule has 2 rings (SSSR count). The van der Waals surface area contributed by atoms with E-state index in [0.717, 1.165) is 12.1 Å². The van der Waals surface area contributed by atoms with Gasteiger partial charge in [0.05, 0.1) is 12.2 Å². The Morgan fingerprint density at radius 3 is 2.42 bits per heavy atom. The number of aliphatic hydroxyl groups is 1. The molecule has 0 heterocycles. The molecule has 5 heteroatoms. The van der Waals surface area contributed by atoms with Gasteiger partial charge in [-0.05, 0) is 41.0 Å². The first-order chi connectivity index (χ1) is 8.91.